The van der Waals surface area contributed by atoms with Crippen molar-refractivity contribution in [3.05, 3.63) is 22.4 Å². The number of hydrogen-bond donors (Lipinski definition) is 2. The van der Waals surface area contributed by atoms with Crippen LogP contribution in [-0.2, 0) is 0 Å². The second-order valence-electron chi connectivity index (χ2n) is 3.79. The molecule has 1 aromatic carbocycles. The molecule has 14 heavy (non-hydrogen) atoms. The molecule has 0 unspecified atom stereocenters. The van der Waals surface area contributed by atoms with Crippen LogP contribution in [0.5, 0.6) is 0 Å². The molecular formula is C10H10BrN3. The lowest BCUT2D eigenvalue weighted by Gasteiger charge is -1.94. The van der Waals surface area contributed by atoms with Gasteiger partial charge in [0.1, 0.15) is 11.3 Å². The number of aromatic nitrogens is 2. The van der Waals surface area contributed by atoms with E-state index in [0.29, 0.717) is 5.92 Å². The van der Waals surface area contributed by atoms with E-state index in [4.69, 9.17) is 5.73 Å². The van der Waals surface area contributed by atoms with E-state index in [0.717, 1.165) is 27.0 Å². The van der Waals surface area contributed by atoms with E-state index >= 15 is 0 Å². The number of halogens is 1. The topological polar surface area (TPSA) is 54.7 Å². The van der Waals surface area contributed by atoms with Crippen molar-refractivity contribution in [2.75, 3.05) is 5.73 Å². The fourth-order valence-corrected chi connectivity index (χ4v) is 2.15. The van der Waals surface area contributed by atoms with Crippen molar-refractivity contribution in [1.29, 1.82) is 0 Å². The minimum absolute atomic E-state index is 0.639. The third-order valence-electron chi connectivity index (χ3n) is 2.56. The van der Waals surface area contributed by atoms with Crippen molar-refractivity contribution >= 4 is 32.7 Å². The summed E-state index contributed by atoms with van der Waals surface area (Å²) < 4.78 is 0.994. The number of nitrogen functional groups attached to an aromatic ring is 1. The molecule has 0 atom stereocenters. The summed E-state index contributed by atoms with van der Waals surface area (Å²) in [6, 6.07) is 3.91. The van der Waals surface area contributed by atoms with Crippen molar-refractivity contribution < 1.29 is 0 Å². The molecule has 1 aliphatic carbocycles. The van der Waals surface area contributed by atoms with Gasteiger partial charge in [0, 0.05) is 10.4 Å². The number of rotatable bonds is 1. The molecule has 72 valence electrons. The van der Waals surface area contributed by atoms with Crippen LogP contribution < -0.4 is 5.73 Å². The van der Waals surface area contributed by atoms with Crippen LogP contribution in [-0.4, -0.2) is 9.97 Å². The monoisotopic (exact) mass is 251 g/mol. The Kier molecular flexibility index (Phi) is 1.62. The molecule has 3 rings (SSSR count). The quantitative estimate of drug-likeness (QED) is 0.766. The van der Waals surface area contributed by atoms with Crippen LogP contribution in [0.4, 0.5) is 5.69 Å². The maximum atomic E-state index is 5.88. The van der Waals surface area contributed by atoms with Gasteiger partial charge in [-0.3, -0.25) is 0 Å². The van der Waals surface area contributed by atoms with Crippen LogP contribution in [0.3, 0.4) is 0 Å². The van der Waals surface area contributed by atoms with E-state index in [1.165, 1.54) is 12.8 Å². The van der Waals surface area contributed by atoms with Gasteiger partial charge in [0.15, 0.2) is 0 Å². The zero-order valence-electron chi connectivity index (χ0n) is 7.55. The summed E-state index contributed by atoms with van der Waals surface area (Å²) in [4.78, 5) is 7.83. The van der Waals surface area contributed by atoms with E-state index < -0.39 is 0 Å². The van der Waals surface area contributed by atoms with Crippen molar-refractivity contribution in [1.82, 2.24) is 9.97 Å². The molecule has 1 aliphatic rings. The first-order chi connectivity index (χ1) is 6.74. The number of nitrogens with zero attached hydrogens (tertiary/aromatic N) is 1. The Balaban J connectivity index is 2.26. The molecule has 1 fully saturated rings. The zero-order chi connectivity index (χ0) is 9.71. The predicted octanol–water partition coefficient (Wildman–Crippen LogP) is 2.79. The first-order valence-electron chi connectivity index (χ1n) is 4.68. The number of benzene rings is 1. The number of aromatic amines is 1. The Morgan fingerprint density at radius 1 is 1.43 bits per heavy atom. The largest absolute Gasteiger partial charge is 0.397 e. The van der Waals surface area contributed by atoms with Crippen molar-refractivity contribution in [3.8, 4) is 0 Å². The number of nitrogens with two attached hydrogens (primary N) is 1. The molecule has 1 aromatic heterocycles. The fourth-order valence-electron chi connectivity index (χ4n) is 1.68. The van der Waals surface area contributed by atoms with E-state index in [9.17, 15) is 0 Å². The van der Waals surface area contributed by atoms with Crippen molar-refractivity contribution in [2.24, 2.45) is 0 Å². The smallest absolute Gasteiger partial charge is 0.112 e. The lowest BCUT2D eigenvalue weighted by atomic mass is 10.3. The molecule has 3 N–H and O–H groups in total. The van der Waals surface area contributed by atoms with Crippen LogP contribution in [0, 0.1) is 0 Å². The SMILES string of the molecule is Nc1cc(Br)cc2[nH]c(C3CC3)nc12. The van der Waals surface area contributed by atoms with Gasteiger partial charge in [-0.25, -0.2) is 4.98 Å². The van der Waals surface area contributed by atoms with E-state index in [-0.39, 0.29) is 0 Å². The Labute approximate surface area is 89.8 Å². The number of anilines is 1. The van der Waals surface area contributed by atoms with Gasteiger partial charge in [0.25, 0.3) is 0 Å². The van der Waals surface area contributed by atoms with Crippen LogP contribution in [0.15, 0.2) is 16.6 Å². The summed E-state index contributed by atoms with van der Waals surface area (Å²) >= 11 is 3.42. The van der Waals surface area contributed by atoms with E-state index in [1.807, 2.05) is 12.1 Å². The number of imidazole rings is 1. The van der Waals surface area contributed by atoms with Crippen LogP contribution in [0.1, 0.15) is 24.6 Å². The molecular weight excluding hydrogens is 242 g/mol. The molecule has 1 saturated carbocycles. The molecule has 0 spiro atoms. The third-order valence-corrected chi connectivity index (χ3v) is 3.02. The van der Waals surface area contributed by atoms with Gasteiger partial charge < -0.3 is 10.7 Å². The summed E-state index contributed by atoms with van der Waals surface area (Å²) in [6.07, 6.45) is 2.50. The number of H-pyrrole nitrogens is 1. The normalized spacial score (nSPS) is 16.4. The maximum Gasteiger partial charge on any atom is 0.112 e. The van der Waals surface area contributed by atoms with Gasteiger partial charge in [0.2, 0.25) is 0 Å². The highest BCUT2D eigenvalue weighted by Crippen LogP contribution is 2.39. The van der Waals surface area contributed by atoms with Crippen LogP contribution >= 0.6 is 15.9 Å². The first-order valence-corrected chi connectivity index (χ1v) is 5.48. The lowest BCUT2D eigenvalue weighted by Crippen LogP contribution is -1.86. The standard InChI is InChI=1S/C10H10BrN3/c11-6-3-7(12)9-8(4-6)13-10(14-9)5-1-2-5/h3-5H,1-2,12H2,(H,13,14). The molecule has 1 heterocycles. The first kappa shape index (κ1) is 8.29. The van der Waals surface area contributed by atoms with Gasteiger partial charge in [-0.15, -0.1) is 0 Å². The fraction of sp³-hybridized carbons (Fsp3) is 0.300. The summed E-state index contributed by atoms with van der Waals surface area (Å²) in [7, 11) is 0. The minimum atomic E-state index is 0.639. The minimum Gasteiger partial charge on any atom is -0.397 e. The lowest BCUT2D eigenvalue weighted by molar-refractivity contribution is 0.986. The van der Waals surface area contributed by atoms with Gasteiger partial charge in [-0.2, -0.15) is 0 Å². The highest BCUT2D eigenvalue weighted by molar-refractivity contribution is 9.10. The second-order valence-corrected chi connectivity index (χ2v) is 4.70. The molecule has 4 heteroatoms. The third kappa shape index (κ3) is 1.21. The predicted molar refractivity (Wildman–Crippen MR) is 60.2 cm³/mol. The van der Waals surface area contributed by atoms with Crippen molar-refractivity contribution in [2.45, 2.75) is 18.8 Å². The molecule has 0 bridgehead atoms. The highest BCUT2D eigenvalue weighted by Gasteiger charge is 2.27. The molecule has 0 saturated heterocycles. The van der Waals surface area contributed by atoms with E-state index in [2.05, 4.69) is 25.9 Å². The summed E-state index contributed by atoms with van der Waals surface area (Å²) in [5, 5.41) is 0. The summed E-state index contributed by atoms with van der Waals surface area (Å²) in [6.45, 7) is 0. The highest BCUT2D eigenvalue weighted by atomic mass is 79.9. The molecule has 0 radical (unpaired) electrons. The second kappa shape index (κ2) is 2.73. The molecule has 2 aromatic rings. The summed E-state index contributed by atoms with van der Waals surface area (Å²) in [5.41, 5.74) is 8.54. The Morgan fingerprint density at radius 3 is 2.93 bits per heavy atom. The van der Waals surface area contributed by atoms with Gasteiger partial charge in [-0.1, -0.05) is 15.9 Å². The van der Waals surface area contributed by atoms with Gasteiger partial charge in [0.05, 0.1) is 11.2 Å². The molecule has 0 aliphatic heterocycles. The number of nitrogens with one attached hydrogen (secondary N) is 1. The average Bonchev–Trinajstić information content (AvgIpc) is 2.87. The Morgan fingerprint density at radius 2 is 2.21 bits per heavy atom. The molecule has 0 amide bonds. The van der Waals surface area contributed by atoms with Gasteiger partial charge >= 0.3 is 0 Å². The van der Waals surface area contributed by atoms with Crippen molar-refractivity contribution in [3.63, 3.8) is 0 Å². The van der Waals surface area contributed by atoms with Crippen LogP contribution in [0.25, 0.3) is 11.0 Å². The number of hydrogen-bond acceptors (Lipinski definition) is 2. The maximum absolute atomic E-state index is 5.88. The van der Waals surface area contributed by atoms with Crippen LogP contribution in [0.2, 0.25) is 0 Å². The zero-order valence-corrected chi connectivity index (χ0v) is 9.13. The van der Waals surface area contributed by atoms with Gasteiger partial charge in [-0.05, 0) is 25.0 Å². The van der Waals surface area contributed by atoms with E-state index in [1.54, 1.807) is 0 Å². The Bertz CT molecular complexity index is 499. The average molecular weight is 252 g/mol. The Hall–Kier alpha value is -1.03. The molecule has 3 nitrogen and oxygen atoms in total. The number of fused-ring (bicyclic) bond motifs is 1. The summed E-state index contributed by atoms with van der Waals surface area (Å²) in [5.74, 6) is 1.73.